The fraction of sp³-hybridized carbons (Fsp3) is 0.500. The molecule has 27 heavy (non-hydrogen) atoms. The van der Waals surface area contributed by atoms with Crippen molar-refractivity contribution in [1.29, 1.82) is 0 Å². The minimum Gasteiger partial charge on any atom is -0.490 e. The van der Waals surface area contributed by atoms with Crippen LogP contribution in [0.2, 0.25) is 0 Å². The third-order valence-corrected chi connectivity index (χ3v) is 4.11. The summed E-state index contributed by atoms with van der Waals surface area (Å²) < 4.78 is 13.2. The summed E-state index contributed by atoms with van der Waals surface area (Å²) in [5.74, 6) is 2.30. The number of aliphatic imine (C=N–C) groups is 1. The molecule has 0 aliphatic rings. The van der Waals surface area contributed by atoms with Crippen LogP contribution in [0.3, 0.4) is 0 Å². The topological polar surface area (TPSA) is 72.7 Å². The summed E-state index contributed by atoms with van der Waals surface area (Å²) >= 11 is 0. The van der Waals surface area contributed by atoms with Crippen LogP contribution >= 0.6 is 0 Å². The van der Waals surface area contributed by atoms with E-state index in [1.54, 1.807) is 7.05 Å². The van der Waals surface area contributed by atoms with Crippen LogP contribution in [0.5, 0.6) is 11.5 Å². The maximum absolute atomic E-state index is 5.72. The van der Waals surface area contributed by atoms with E-state index in [0.29, 0.717) is 13.2 Å². The number of ether oxygens (including phenoxy) is 2. The van der Waals surface area contributed by atoms with Gasteiger partial charge in [0.25, 0.3) is 0 Å². The summed E-state index contributed by atoms with van der Waals surface area (Å²) in [5, 5.41) is 10.9. The zero-order valence-corrected chi connectivity index (χ0v) is 17.0. The Labute approximate surface area is 161 Å². The number of aryl methyl sites for hydroxylation is 1. The Balaban J connectivity index is 1.94. The third-order valence-electron chi connectivity index (χ3n) is 4.11. The zero-order valence-electron chi connectivity index (χ0n) is 17.0. The van der Waals surface area contributed by atoms with Gasteiger partial charge < -0.3 is 20.1 Å². The first-order valence-electron chi connectivity index (χ1n) is 9.41. The van der Waals surface area contributed by atoms with E-state index in [-0.39, 0.29) is 6.04 Å². The van der Waals surface area contributed by atoms with Crippen LogP contribution < -0.4 is 20.1 Å². The van der Waals surface area contributed by atoms with Gasteiger partial charge in [0, 0.05) is 26.8 Å². The van der Waals surface area contributed by atoms with Crippen LogP contribution in [0.4, 0.5) is 0 Å². The number of hydrogen-bond acceptors (Lipinski definition) is 4. The molecule has 0 saturated carbocycles. The highest BCUT2D eigenvalue weighted by Gasteiger charge is 2.12. The van der Waals surface area contributed by atoms with Crippen LogP contribution in [0.1, 0.15) is 37.9 Å². The molecule has 0 radical (unpaired) electrons. The number of rotatable bonds is 9. The fourth-order valence-corrected chi connectivity index (χ4v) is 2.75. The van der Waals surface area contributed by atoms with E-state index in [1.165, 1.54) is 5.56 Å². The monoisotopic (exact) mass is 373 g/mol. The Bertz CT molecular complexity index is 742. The fourth-order valence-electron chi connectivity index (χ4n) is 2.75. The van der Waals surface area contributed by atoms with Gasteiger partial charge in [-0.15, -0.1) is 0 Å². The van der Waals surface area contributed by atoms with Gasteiger partial charge in [-0.3, -0.25) is 9.67 Å². The molecule has 2 rings (SSSR count). The molecule has 7 heteroatoms. The highest BCUT2D eigenvalue weighted by molar-refractivity contribution is 5.80. The average molecular weight is 374 g/mol. The first-order chi connectivity index (χ1) is 13.1. The molecule has 0 amide bonds. The molecule has 0 saturated heterocycles. The van der Waals surface area contributed by atoms with Gasteiger partial charge in [0.15, 0.2) is 17.5 Å². The van der Waals surface area contributed by atoms with Crippen molar-refractivity contribution in [1.82, 2.24) is 20.4 Å². The van der Waals surface area contributed by atoms with Crippen molar-refractivity contribution >= 4 is 5.96 Å². The SMILES string of the molecule is CCOc1ccc(C(C)NC(=NC)NCCc2cnn(C)c2)cc1OCC. The lowest BCUT2D eigenvalue weighted by Gasteiger charge is -2.20. The molecule has 2 aromatic rings. The van der Waals surface area contributed by atoms with E-state index in [0.717, 1.165) is 36.0 Å². The van der Waals surface area contributed by atoms with E-state index in [2.05, 4.69) is 27.6 Å². The lowest BCUT2D eigenvalue weighted by molar-refractivity contribution is 0.287. The Morgan fingerprint density at radius 3 is 2.59 bits per heavy atom. The molecule has 0 bridgehead atoms. The van der Waals surface area contributed by atoms with E-state index in [1.807, 2.05) is 56.2 Å². The van der Waals surface area contributed by atoms with E-state index in [9.17, 15) is 0 Å². The summed E-state index contributed by atoms with van der Waals surface area (Å²) in [5.41, 5.74) is 2.30. The van der Waals surface area contributed by atoms with E-state index < -0.39 is 0 Å². The van der Waals surface area contributed by atoms with Gasteiger partial charge in [0.05, 0.1) is 25.5 Å². The number of nitrogens with one attached hydrogen (secondary N) is 2. The highest BCUT2D eigenvalue weighted by atomic mass is 16.5. The van der Waals surface area contributed by atoms with Crippen LogP contribution in [0.25, 0.3) is 0 Å². The van der Waals surface area contributed by atoms with Gasteiger partial charge in [-0.05, 0) is 50.5 Å². The number of aromatic nitrogens is 2. The molecular formula is C20H31N5O2. The summed E-state index contributed by atoms with van der Waals surface area (Å²) in [4.78, 5) is 4.31. The summed E-state index contributed by atoms with van der Waals surface area (Å²) in [6, 6.07) is 6.11. The Hall–Kier alpha value is -2.70. The zero-order chi connectivity index (χ0) is 19.6. The molecule has 2 N–H and O–H groups in total. The van der Waals surface area contributed by atoms with Crippen molar-refractivity contribution in [3.05, 3.63) is 41.7 Å². The van der Waals surface area contributed by atoms with Gasteiger partial charge >= 0.3 is 0 Å². The van der Waals surface area contributed by atoms with Gasteiger partial charge in [-0.25, -0.2) is 0 Å². The highest BCUT2D eigenvalue weighted by Crippen LogP contribution is 2.30. The van der Waals surface area contributed by atoms with Gasteiger partial charge in [-0.2, -0.15) is 5.10 Å². The molecular weight excluding hydrogens is 342 g/mol. The van der Waals surface area contributed by atoms with Crippen LogP contribution in [-0.2, 0) is 13.5 Å². The minimum atomic E-state index is 0.0736. The lowest BCUT2D eigenvalue weighted by atomic mass is 10.1. The maximum atomic E-state index is 5.72. The number of nitrogens with zero attached hydrogens (tertiary/aromatic N) is 3. The number of benzene rings is 1. The van der Waals surface area contributed by atoms with Gasteiger partial charge in [-0.1, -0.05) is 6.07 Å². The molecule has 7 nitrogen and oxygen atoms in total. The molecule has 1 heterocycles. The number of guanidine groups is 1. The molecule has 1 aromatic carbocycles. The Morgan fingerprint density at radius 2 is 1.96 bits per heavy atom. The first-order valence-corrected chi connectivity index (χ1v) is 9.41. The molecule has 0 aliphatic heterocycles. The largest absolute Gasteiger partial charge is 0.490 e. The second kappa shape index (κ2) is 10.4. The van der Waals surface area contributed by atoms with Crippen molar-refractivity contribution in [2.75, 3.05) is 26.8 Å². The molecule has 0 spiro atoms. The van der Waals surface area contributed by atoms with Crippen LogP contribution in [-0.4, -0.2) is 42.5 Å². The lowest BCUT2D eigenvalue weighted by Crippen LogP contribution is -2.39. The smallest absolute Gasteiger partial charge is 0.191 e. The number of hydrogen-bond donors (Lipinski definition) is 2. The first kappa shape index (κ1) is 20.6. The normalized spacial score (nSPS) is 12.6. The Kier molecular flexibility index (Phi) is 7.98. The third kappa shape index (κ3) is 6.20. The van der Waals surface area contributed by atoms with Crippen molar-refractivity contribution < 1.29 is 9.47 Å². The van der Waals surface area contributed by atoms with Crippen molar-refractivity contribution in [3.8, 4) is 11.5 Å². The van der Waals surface area contributed by atoms with E-state index >= 15 is 0 Å². The summed E-state index contributed by atoms with van der Waals surface area (Å²) in [6.45, 7) is 8.03. The van der Waals surface area contributed by atoms with E-state index in [4.69, 9.17) is 9.47 Å². The quantitative estimate of drug-likeness (QED) is 0.522. The predicted molar refractivity (Wildman–Crippen MR) is 109 cm³/mol. The van der Waals surface area contributed by atoms with Crippen molar-refractivity contribution in [3.63, 3.8) is 0 Å². The molecule has 0 fully saturated rings. The van der Waals surface area contributed by atoms with Gasteiger partial charge in [0.2, 0.25) is 0 Å². The molecule has 148 valence electrons. The van der Waals surface area contributed by atoms with Crippen LogP contribution in [0.15, 0.2) is 35.6 Å². The average Bonchev–Trinajstić information content (AvgIpc) is 3.07. The van der Waals surface area contributed by atoms with Gasteiger partial charge in [0.1, 0.15) is 0 Å². The molecule has 1 atom stereocenters. The molecule has 1 unspecified atom stereocenters. The summed E-state index contributed by atoms with van der Waals surface area (Å²) in [7, 11) is 3.70. The summed E-state index contributed by atoms with van der Waals surface area (Å²) in [6.07, 6.45) is 4.80. The second-order valence-electron chi connectivity index (χ2n) is 6.21. The maximum Gasteiger partial charge on any atom is 0.191 e. The molecule has 1 aromatic heterocycles. The second-order valence-corrected chi connectivity index (χ2v) is 6.21. The van der Waals surface area contributed by atoms with Crippen molar-refractivity contribution in [2.45, 2.75) is 33.2 Å². The Morgan fingerprint density at radius 1 is 1.22 bits per heavy atom. The standard InChI is InChI=1S/C20H31N5O2/c1-6-26-18-9-8-17(12-19(18)27-7-2)15(3)24-20(21-4)22-11-10-16-13-23-25(5)14-16/h8-9,12-15H,6-7,10-11H2,1-5H3,(H2,21,22,24). The van der Waals surface area contributed by atoms with Crippen molar-refractivity contribution in [2.24, 2.45) is 12.0 Å². The van der Waals surface area contributed by atoms with Crippen LogP contribution in [0, 0.1) is 0 Å². The molecule has 0 aliphatic carbocycles. The minimum absolute atomic E-state index is 0.0736. The predicted octanol–water partition coefficient (Wildman–Crippen LogP) is 2.69.